The molecule has 0 spiro atoms. The van der Waals surface area contributed by atoms with Crippen molar-refractivity contribution < 1.29 is 38.2 Å². The highest BCUT2D eigenvalue weighted by molar-refractivity contribution is 5.72. The largest absolute Gasteiger partial charge is 0.477 e. The number of hydrogen-bond donors (Lipinski definition) is 1. The Kier molecular flexibility index (Phi) is 42.1. The maximum atomic E-state index is 12.8. The number of aliphatic carboxylic acids is 1. The Bertz CT molecular complexity index is 1240. The van der Waals surface area contributed by atoms with Crippen LogP contribution < -0.4 is 0 Å². The van der Waals surface area contributed by atoms with Crippen LogP contribution in [0, 0.1) is 0 Å². The van der Waals surface area contributed by atoms with Crippen LogP contribution in [0.15, 0.2) is 72.9 Å². The molecule has 0 amide bonds. The van der Waals surface area contributed by atoms with Gasteiger partial charge in [-0.1, -0.05) is 170 Å². The topological polar surface area (TPSA) is 99.1 Å². The molecule has 0 radical (unpaired) electrons. The number of hydrogen-bond acceptors (Lipinski definition) is 6. The Morgan fingerprint density at radius 3 is 1.37 bits per heavy atom. The average Bonchev–Trinajstić information content (AvgIpc) is 3.23. The van der Waals surface area contributed by atoms with Gasteiger partial charge in [-0.2, -0.15) is 0 Å². The molecule has 0 aliphatic rings. The number of carbonyl (C=O) groups is 3. The van der Waals surface area contributed by atoms with E-state index in [1.165, 1.54) is 89.9 Å². The molecule has 8 nitrogen and oxygen atoms in total. The smallest absolute Gasteiger partial charge is 0.362 e. The third-order valence-electron chi connectivity index (χ3n) is 10.8. The van der Waals surface area contributed by atoms with Crippen molar-refractivity contribution in [1.29, 1.82) is 0 Å². The number of ether oxygens (including phenoxy) is 3. The van der Waals surface area contributed by atoms with Crippen LogP contribution in [0.25, 0.3) is 0 Å². The molecule has 356 valence electrons. The molecule has 2 atom stereocenters. The number of nitrogens with zero attached hydrogens (tertiary/aromatic N) is 1. The number of unbranched alkanes of at least 4 members (excludes halogenated alkanes) is 18. The summed E-state index contributed by atoms with van der Waals surface area (Å²) in [6.45, 7) is 4.59. The minimum atomic E-state index is -0.883. The molecule has 1 N–H and O–H groups in total. The van der Waals surface area contributed by atoms with Gasteiger partial charge in [-0.25, -0.2) is 4.79 Å². The summed E-state index contributed by atoms with van der Waals surface area (Å²) in [7, 11) is 5.52. The molecule has 0 fully saturated rings. The number of esters is 2. The molecule has 2 unspecified atom stereocenters. The zero-order chi connectivity index (χ0) is 45.6. The van der Waals surface area contributed by atoms with E-state index >= 15 is 0 Å². The summed E-state index contributed by atoms with van der Waals surface area (Å²) in [4.78, 5) is 37.1. The molecular formula is C54H94NO7+. The molecule has 8 heteroatoms. The van der Waals surface area contributed by atoms with Gasteiger partial charge in [0.05, 0.1) is 34.4 Å². The van der Waals surface area contributed by atoms with Crippen LogP contribution in [0.2, 0.25) is 0 Å². The molecular weight excluding hydrogens is 775 g/mol. The van der Waals surface area contributed by atoms with Gasteiger partial charge >= 0.3 is 17.9 Å². The summed E-state index contributed by atoms with van der Waals surface area (Å²) in [5.74, 6) is -1.52. The molecule has 0 saturated carbocycles. The van der Waals surface area contributed by atoms with Crippen molar-refractivity contribution in [3.05, 3.63) is 72.9 Å². The Hall–Kier alpha value is -3.23. The maximum Gasteiger partial charge on any atom is 0.362 e. The fourth-order valence-electron chi connectivity index (χ4n) is 6.99. The van der Waals surface area contributed by atoms with Crippen molar-refractivity contribution in [2.75, 3.05) is 41.0 Å². The molecule has 0 aliphatic carbocycles. The summed E-state index contributed by atoms with van der Waals surface area (Å²) < 4.78 is 17.3. The third-order valence-corrected chi connectivity index (χ3v) is 10.8. The number of allylic oxidation sites excluding steroid dienone is 12. The molecule has 62 heavy (non-hydrogen) atoms. The zero-order valence-electron chi connectivity index (χ0n) is 40.6. The predicted molar refractivity (Wildman–Crippen MR) is 261 cm³/mol. The summed E-state index contributed by atoms with van der Waals surface area (Å²) >= 11 is 0. The Labute approximate surface area is 381 Å². The van der Waals surface area contributed by atoms with Gasteiger partial charge < -0.3 is 23.8 Å². The maximum absolute atomic E-state index is 12.8. The van der Waals surface area contributed by atoms with Crippen LogP contribution in [-0.4, -0.2) is 80.6 Å². The number of carboxylic acids is 1. The van der Waals surface area contributed by atoms with E-state index in [0.29, 0.717) is 12.8 Å². The van der Waals surface area contributed by atoms with Crippen molar-refractivity contribution in [1.82, 2.24) is 0 Å². The lowest BCUT2D eigenvalue weighted by Gasteiger charge is -2.31. The van der Waals surface area contributed by atoms with E-state index in [9.17, 15) is 19.5 Å². The first-order valence-electron chi connectivity index (χ1n) is 25.0. The van der Waals surface area contributed by atoms with Crippen LogP contribution in [0.1, 0.15) is 200 Å². The lowest BCUT2D eigenvalue weighted by atomic mass is 10.1. The first-order chi connectivity index (χ1) is 30.1. The average molecular weight is 869 g/mol. The minimum absolute atomic E-state index is 0.0433. The second kappa shape index (κ2) is 44.4. The summed E-state index contributed by atoms with van der Waals surface area (Å²) in [5.41, 5.74) is 0. The van der Waals surface area contributed by atoms with E-state index in [1.807, 2.05) is 21.1 Å². The van der Waals surface area contributed by atoms with Crippen molar-refractivity contribution in [2.45, 2.75) is 212 Å². The standard InChI is InChI=1S/C54H93NO7/c1-6-8-10-12-14-16-18-20-22-24-26-28-30-32-34-36-38-40-42-44-52(56)61-49-50(48-60-47-46-51(54(58)59)55(3,4)5)62-53(57)45-43-41-39-37-35-33-31-29-27-25-23-21-19-17-15-13-11-9-7-2/h9,11,15,17,21,23-24,26-27,29,33,35,50-51H,6-8,10,12-14,16,18-20,22,25,28,30-32,34,36-49H2,1-5H3/p+1/b11-9+,17-15+,23-21+,26-24+,29-27+,35-33+. The van der Waals surface area contributed by atoms with Gasteiger partial charge in [0.1, 0.15) is 6.61 Å². The SMILES string of the molecule is CC/C=C/C/C=C/C/C=C/C/C=C/C/C=C/CCCCCC(=O)OC(COCCC(C(=O)O)[N+](C)(C)C)COC(=O)CCCCCCCCC/C=C/CCCCCCCCCC. The molecule has 0 aromatic heterocycles. The lowest BCUT2D eigenvalue weighted by molar-refractivity contribution is -0.887. The number of rotatable bonds is 44. The van der Waals surface area contributed by atoms with Crippen LogP contribution in [-0.2, 0) is 28.6 Å². The van der Waals surface area contributed by atoms with Gasteiger partial charge in [0.2, 0.25) is 0 Å². The Morgan fingerprint density at radius 2 is 0.903 bits per heavy atom. The summed E-state index contributed by atoms with van der Waals surface area (Å²) in [6, 6.07) is -0.625. The molecule has 0 heterocycles. The van der Waals surface area contributed by atoms with Gasteiger partial charge in [0, 0.05) is 19.3 Å². The third kappa shape index (κ3) is 42.1. The fourth-order valence-corrected chi connectivity index (χ4v) is 6.99. The first-order valence-corrected chi connectivity index (χ1v) is 25.0. The predicted octanol–water partition coefficient (Wildman–Crippen LogP) is 14.3. The molecule has 0 bridgehead atoms. The van der Waals surface area contributed by atoms with Crippen LogP contribution in [0.3, 0.4) is 0 Å². The van der Waals surface area contributed by atoms with Gasteiger partial charge in [-0.05, 0) is 83.5 Å². The molecule has 0 aromatic carbocycles. The van der Waals surface area contributed by atoms with E-state index in [0.717, 1.165) is 77.0 Å². The highest BCUT2D eigenvalue weighted by Crippen LogP contribution is 2.14. The summed E-state index contributed by atoms with van der Waals surface area (Å²) in [5, 5.41) is 9.65. The van der Waals surface area contributed by atoms with Crippen molar-refractivity contribution in [3.63, 3.8) is 0 Å². The number of carbonyl (C=O) groups excluding carboxylic acids is 2. The van der Waals surface area contributed by atoms with Gasteiger partial charge in [-0.3, -0.25) is 9.59 Å². The van der Waals surface area contributed by atoms with E-state index in [1.54, 1.807) is 0 Å². The number of likely N-dealkylation sites (N-methyl/N-ethyl adjacent to an activating group) is 1. The van der Waals surface area contributed by atoms with Gasteiger partial charge in [0.15, 0.2) is 12.1 Å². The molecule has 0 aromatic rings. The highest BCUT2D eigenvalue weighted by Gasteiger charge is 2.31. The summed E-state index contributed by atoms with van der Waals surface area (Å²) in [6.07, 6.45) is 56.6. The quantitative estimate of drug-likeness (QED) is 0.0282. The van der Waals surface area contributed by atoms with Crippen molar-refractivity contribution in [2.24, 2.45) is 0 Å². The fraction of sp³-hybridized carbons (Fsp3) is 0.722. The number of quaternary nitrogens is 1. The van der Waals surface area contributed by atoms with Gasteiger partial charge in [-0.15, -0.1) is 0 Å². The van der Waals surface area contributed by atoms with E-state index in [4.69, 9.17) is 14.2 Å². The highest BCUT2D eigenvalue weighted by atomic mass is 16.6. The minimum Gasteiger partial charge on any atom is -0.477 e. The second-order valence-electron chi connectivity index (χ2n) is 17.7. The number of carboxylic acid groups (broad SMARTS) is 1. The second-order valence-corrected chi connectivity index (χ2v) is 17.7. The lowest BCUT2D eigenvalue weighted by Crippen LogP contribution is -2.50. The van der Waals surface area contributed by atoms with Crippen molar-refractivity contribution >= 4 is 17.9 Å². The zero-order valence-corrected chi connectivity index (χ0v) is 40.6. The van der Waals surface area contributed by atoms with E-state index in [2.05, 4.69) is 86.8 Å². The molecule has 0 rings (SSSR count). The van der Waals surface area contributed by atoms with E-state index < -0.39 is 18.1 Å². The van der Waals surface area contributed by atoms with Crippen LogP contribution >= 0.6 is 0 Å². The molecule has 0 aliphatic heterocycles. The monoisotopic (exact) mass is 869 g/mol. The Balaban J connectivity index is 4.35. The van der Waals surface area contributed by atoms with Crippen LogP contribution in [0.5, 0.6) is 0 Å². The normalized spacial score (nSPS) is 13.5. The molecule has 0 saturated heterocycles. The Morgan fingerprint density at radius 1 is 0.500 bits per heavy atom. The van der Waals surface area contributed by atoms with E-state index in [-0.39, 0.29) is 42.7 Å². The van der Waals surface area contributed by atoms with Gasteiger partial charge in [0.25, 0.3) is 0 Å². The van der Waals surface area contributed by atoms with Crippen molar-refractivity contribution in [3.8, 4) is 0 Å². The first kappa shape index (κ1) is 58.8. The van der Waals surface area contributed by atoms with Crippen LogP contribution in [0.4, 0.5) is 0 Å².